The highest BCUT2D eigenvalue weighted by Gasteiger charge is 2.33. The van der Waals surface area contributed by atoms with E-state index < -0.39 is 18.1 Å². The monoisotopic (exact) mass is 625 g/mol. The number of para-hydroxylation sites is 1. The molecule has 4 aromatic carbocycles. The number of amides is 2. The van der Waals surface area contributed by atoms with Gasteiger partial charge in [-0.15, -0.1) is 0 Å². The number of halogens is 1. The fraction of sp³-hybridized carbons (Fsp3) is 0.297. The van der Waals surface area contributed by atoms with Crippen LogP contribution in [0, 0.1) is 0 Å². The number of methoxy groups -OCH3 is 1. The Morgan fingerprint density at radius 2 is 1.40 bits per heavy atom. The summed E-state index contributed by atoms with van der Waals surface area (Å²) < 4.78 is 11.4. The second kappa shape index (κ2) is 16.2. The van der Waals surface area contributed by atoms with E-state index in [2.05, 4.69) is 28.1 Å². The Morgan fingerprint density at radius 1 is 0.822 bits per heavy atom. The molecule has 0 bridgehead atoms. The lowest BCUT2D eigenvalue weighted by Crippen LogP contribution is -2.48. The van der Waals surface area contributed by atoms with E-state index in [1.807, 2.05) is 97.1 Å². The minimum Gasteiger partial charge on any atom is -0.453 e. The van der Waals surface area contributed by atoms with Crippen LogP contribution in [-0.4, -0.2) is 50.4 Å². The summed E-state index contributed by atoms with van der Waals surface area (Å²) in [7, 11) is 1.30. The average molecular weight is 626 g/mol. The number of morpholine rings is 1. The van der Waals surface area contributed by atoms with Crippen molar-refractivity contribution in [3.8, 4) is 0 Å². The molecule has 2 amide bonds. The SMILES string of the molecule is COC(=O)N[C@H](C(=O)Nc1ccccc1CC[C@@H]1CNC[C@@H](CCc2ccc(Cl)cc2)O1)C(c1ccccc1)c1ccccc1. The number of hydrogen-bond acceptors (Lipinski definition) is 5. The molecule has 5 rings (SSSR count). The van der Waals surface area contributed by atoms with Gasteiger partial charge in [0.05, 0.1) is 19.3 Å². The maximum Gasteiger partial charge on any atom is 0.407 e. The van der Waals surface area contributed by atoms with Gasteiger partial charge in [-0.2, -0.15) is 0 Å². The van der Waals surface area contributed by atoms with Crippen LogP contribution in [0.4, 0.5) is 10.5 Å². The lowest BCUT2D eigenvalue weighted by Gasteiger charge is -2.31. The van der Waals surface area contributed by atoms with Crippen LogP contribution in [0.3, 0.4) is 0 Å². The molecule has 0 aromatic heterocycles. The predicted molar refractivity (Wildman–Crippen MR) is 179 cm³/mol. The van der Waals surface area contributed by atoms with Gasteiger partial charge < -0.3 is 25.4 Å². The number of alkyl carbamates (subject to hydrolysis) is 1. The number of carbonyl (C=O) groups is 2. The van der Waals surface area contributed by atoms with Crippen LogP contribution in [0.1, 0.15) is 41.0 Å². The molecule has 4 aromatic rings. The second-order valence-corrected chi connectivity index (χ2v) is 11.7. The second-order valence-electron chi connectivity index (χ2n) is 11.3. The van der Waals surface area contributed by atoms with Crippen LogP contribution in [-0.2, 0) is 27.1 Å². The number of hydrogen-bond donors (Lipinski definition) is 3. The van der Waals surface area contributed by atoms with Gasteiger partial charge in [0.25, 0.3) is 0 Å². The van der Waals surface area contributed by atoms with E-state index in [9.17, 15) is 9.59 Å². The Hall–Kier alpha value is -4.17. The van der Waals surface area contributed by atoms with Gasteiger partial charge in [-0.05, 0) is 66.1 Å². The van der Waals surface area contributed by atoms with Crippen molar-refractivity contribution in [2.24, 2.45) is 0 Å². The first kappa shape index (κ1) is 32.2. The third-order valence-corrected chi connectivity index (χ3v) is 8.45. The highest BCUT2D eigenvalue weighted by atomic mass is 35.5. The molecule has 0 unspecified atom stereocenters. The number of benzene rings is 4. The van der Waals surface area contributed by atoms with E-state index in [-0.39, 0.29) is 18.1 Å². The Kier molecular flexibility index (Phi) is 11.6. The molecular formula is C37H40ClN3O4. The number of nitrogens with one attached hydrogen (secondary N) is 3. The van der Waals surface area contributed by atoms with Crippen molar-refractivity contribution in [1.29, 1.82) is 0 Å². The summed E-state index contributed by atoms with van der Waals surface area (Å²) in [4.78, 5) is 26.6. The summed E-state index contributed by atoms with van der Waals surface area (Å²) in [5, 5.41) is 10.2. The van der Waals surface area contributed by atoms with E-state index in [0.29, 0.717) is 5.69 Å². The first-order valence-electron chi connectivity index (χ1n) is 15.4. The zero-order chi connectivity index (χ0) is 31.4. The van der Waals surface area contributed by atoms with Gasteiger partial charge in [0.15, 0.2) is 0 Å². The minimum atomic E-state index is -0.928. The summed E-state index contributed by atoms with van der Waals surface area (Å²) >= 11 is 6.03. The third-order valence-electron chi connectivity index (χ3n) is 8.20. The van der Waals surface area contributed by atoms with Crippen molar-refractivity contribution in [3.05, 3.63) is 136 Å². The van der Waals surface area contributed by atoms with Crippen LogP contribution >= 0.6 is 11.6 Å². The Balaban J connectivity index is 1.27. The van der Waals surface area contributed by atoms with Crippen LogP contribution in [0.5, 0.6) is 0 Å². The van der Waals surface area contributed by atoms with E-state index in [1.165, 1.54) is 12.7 Å². The quantitative estimate of drug-likeness (QED) is 0.162. The van der Waals surface area contributed by atoms with Crippen molar-refractivity contribution in [1.82, 2.24) is 10.6 Å². The molecule has 3 atom stereocenters. The van der Waals surface area contributed by atoms with Gasteiger partial charge in [0.2, 0.25) is 5.91 Å². The molecule has 7 nitrogen and oxygen atoms in total. The fourth-order valence-electron chi connectivity index (χ4n) is 5.86. The summed E-state index contributed by atoms with van der Waals surface area (Å²) in [6, 6.07) is 34.3. The first-order valence-corrected chi connectivity index (χ1v) is 15.8. The van der Waals surface area contributed by atoms with E-state index in [4.69, 9.17) is 21.1 Å². The van der Waals surface area contributed by atoms with Crippen molar-refractivity contribution in [3.63, 3.8) is 0 Å². The number of ether oxygens (including phenoxy) is 2. The summed E-state index contributed by atoms with van der Waals surface area (Å²) in [6.07, 6.45) is 2.91. The molecule has 0 radical (unpaired) electrons. The van der Waals surface area contributed by atoms with Crippen LogP contribution < -0.4 is 16.0 Å². The summed E-state index contributed by atoms with van der Waals surface area (Å²) in [6.45, 7) is 1.61. The molecule has 0 aliphatic carbocycles. The van der Waals surface area contributed by atoms with E-state index >= 15 is 0 Å². The Labute approximate surface area is 270 Å². The van der Waals surface area contributed by atoms with E-state index in [0.717, 1.165) is 60.5 Å². The van der Waals surface area contributed by atoms with Gasteiger partial charge in [-0.3, -0.25) is 4.79 Å². The van der Waals surface area contributed by atoms with Crippen molar-refractivity contribution < 1.29 is 19.1 Å². The zero-order valence-electron chi connectivity index (χ0n) is 25.5. The Morgan fingerprint density at radius 3 is 2.02 bits per heavy atom. The largest absolute Gasteiger partial charge is 0.453 e. The van der Waals surface area contributed by atoms with Gasteiger partial charge in [-0.1, -0.05) is 103 Å². The smallest absolute Gasteiger partial charge is 0.407 e. The highest BCUT2D eigenvalue weighted by Crippen LogP contribution is 2.30. The lowest BCUT2D eigenvalue weighted by atomic mass is 9.84. The van der Waals surface area contributed by atoms with Gasteiger partial charge in [0.1, 0.15) is 6.04 Å². The molecule has 8 heteroatoms. The highest BCUT2D eigenvalue weighted by molar-refractivity contribution is 6.30. The normalized spacial score (nSPS) is 17.0. The van der Waals surface area contributed by atoms with Crippen molar-refractivity contribution in [2.45, 2.75) is 49.9 Å². The molecular weight excluding hydrogens is 586 g/mol. The van der Waals surface area contributed by atoms with Crippen molar-refractivity contribution in [2.75, 3.05) is 25.5 Å². The number of aryl methyl sites for hydroxylation is 2. The lowest BCUT2D eigenvalue weighted by molar-refractivity contribution is -0.118. The van der Waals surface area contributed by atoms with Gasteiger partial charge in [0, 0.05) is 29.7 Å². The molecule has 45 heavy (non-hydrogen) atoms. The molecule has 1 aliphatic rings. The van der Waals surface area contributed by atoms with Gasteiger partial charge >= 0.3 is 6.09 Å². The summed E-state index contributed by atoms with van der Waals surface area (Å²) in [5.41, 5.74) is 4.77. The molecule has 1 heterocycles. The minimum absolute atomic E-state index is 0.0620. The molecule has 234 valence electrons. The zero-order valence-corrected chi connectivity index (χ0v) is 26.2. The number of rotatable bonds is 12. The van der Waals surface area contributed by atoms with Crippen LogP contribution in [0.2, 0.25) is 5.02 Å². The Bertz CT molecular complexity index is 1480. The maximum absolute atomic E-state index is 14.0. The van der Waals surface area contributed by atoms with Crippen LogP contribution in [0.15, 0.2) is 109 Å². The predicted octanol–water partition coefficient (Wildman–Crippen LogP) is 6.76. The van der Waals surface area contributed by atoms with Crippen LogP contribution in [0.25, 0.3) is 0 Å². The topological polar surface area (TPSA) is 88.7 Å². The van der Waals surface area contributed by atoms with Crippen molar-refractivity contribution >= 4 is 29.3 Å². The number of anilines is 1. The molecule has 1 aliphatic heterocycles. The first-order chi connectivity index (χ1) is 22.0. The maximum atomic E-state index is 14.0. The average Bonchev–Trinajstić information content (AvgIpc) is 3.08. The molecule has 0 saturated carbocycles. The summed E-state index contributed by atoms with van der Waals surface area (Å²) in [5.74, 6) is -0.770. The van der Waals surface area contributed by atoms with E-state index in [1.54, 1.807) is 0 Å². The standard InChI is InChI=1S/C37H40ClN3O4/c1-44-37(43)41-35(34(28-11-4-2-5-12-28)29-13-6-3-7-14-29)36(42)40-33-15-9-8-10-27(33)19-23-32-25-39-24-31(45-32)22-18-26-16-20-30(38)21-17-26/h2-17,20-21,31-32,34-35,39H,18-19,22-25H2,1H3,(H,40,42)(H,41,43)/t31-,32-,35+/m1/s1. The molecule has 1 saturated heterocycles. The molecule has 0 spiro atoms. The molecule has 1 fully saturated rings. The third kappa shape index (κ3) is 9.17. The van der Waals surface area contributed by atoms with Gasteiger partial charge in [-0.25, -0.2) is 4.79 Å². The molecule has 3 N–H and O–H groups in total. The number of carbonyl (C=O) groups excluding carboxylic acids is 2. The fourth-order valence-corrected chi connectivity index (χ4v) is 5.99.